The minimum Gasteiger partial charge on any atom is -0.327 e. The number of rotatable bonds is 2. The van der Waals surface area contributed by atoms with Gasteiger partial charge >= 0.3 is 0 Å². The van der Waals surface area contributed by atoms with E-state index in [9.17, 15) is 8.42 Å². The van der Waals surface area contributed by atoms with Crippen LogP contribution in [-0.4, -0.2) is 37.6 Å². The number of hydrogen-bond donors (Lipinski definition) is 1. The van der Waals surface area contributed by atoms with Crippen molar-refractivity contribution in [2.45, 2.75) is 13.0 Å². The van der Waals surface area contributed by atoms with Gasteiger partial charge in [0.15, 0.2) is 0 Å². The summed E-state index contributed by atoms with van der Waals surface area (Å²) in [5, 5.41) is 0. The highest BCUT2D eigenvalue weighted by molar-refractivity contribution is 7.90. The largest absolute Gasteiger partial charge is 0.327 e. The second-order valence-electron chi connectivity index (χ2n) is 2.65. The summed E-state index contributed by atoms with van der Waals surface area (Å²) in [5.41, 5.74) is 5.42. The Hall–Kier alpha value is -0.130. The molecule has 1 rings (SSSR count). The molecule has 0 radical (unpaired) electrons. The van der Waals surface area contributed by atoms with E-state index in [2.05, 4.69) is 0 Å². The van der Waals surface area contributed by atoms with Crippen LogP contribution < -0.4 is 5.73 Å². The maximum Gasteiger partial charge on any atom is 0.215 e. The molecular formula is C5H12N2O2S. The van der Waals surface area contributed by atoms with Gasteiger partial charge in [0.1, 0.15) is 0 Å². The Kier molecular flexibility index (Phi) is 1.98. The van der Waals surface area contributed by atoms with Crippen LogP contribution in [0.25, 0.3) is 0 Å². The van der Waals surface area contributed by atoms with Crippen molar-refractivity contribution in [1.82, 2.24) is 4.31 Å². The molecule has 5 heteroatoms. The lowest BCUT2D eigenvalue weighted by atomic mass is 10.4. The van der Waals surface area contributed by atoms with Crippen LogP contribution in [0.2, 0.25) is 0 Å². The third-order valence-electron chi connectivity index (χ3n) is 1.48. The maximum absolute atomic E-state index is 10.8. The van der Waals surface area contributed by atoms with Crippen molar-refractivity contribution in [2.75, 3.05) is 18.8 Å². The summed E-state index contributed by atoms with van der Waals surface area (Å²) >= 11 is 0. The molecule has 0 aromatic heterocycles. The summed E-state index contributed by atoms with van der Waals surface area (Å²) < 4.78 is 23.1. The van der Waals surface area contributed by atoms with Crippen LogP contribution in [0.5, 0.6) is 0 Å². The predicted molar refractivity (Wildman–Crippen MR) is 39.0 cm³/mol. The average molecular weight is 164 g/mol. The predicted octanol–water partition coefficient (Wildman–Crippen LogP) is -1.02. The van der Waals surface area contributed by atoms with Gasteiger partial charge in [-0.3, -0.25) is 0 Å². The van der Waals surface area contributed by atoms with E-state index < -0.39 is 10.0 Å². The molecule has 0 bridgehead atoms. The SMILES string of the molecule is CC(N)CN1CCS1(=O)=O. The molecule has 4 nitrogen and oxygen atoms in total. The molecule has 0 aliphatic carbocycles. The van der Waals surface area contributed by atoms with E-state index in [1.54, 1.807) is 6.92 Å². The summed E-state index contributed by atoms with van der Waals surface area (Å²) in [5.74, 6) is 0.291. The molecular weight excluding hydrogens is 152 g/mol. The minimum atomic E-state index is -2.86. The summed E-state index contributed by atoms with van der Waals surface area (Å²) in [6.07, 6.45) is 0. The highest BCUT2D eigenvalue weighted by Crippen LogP contribution is 2.11. The molecule has 1 aliphatic heterocycles. The molecule has 0 aromatic carbocycles. The summed E-state index contributed by atoms with van der Waals surface area (Å²) in [7, 11) is -2.86. The fraction of sp³-hybridized carbons (Fsp3) is 1.00. The van der Waals surface area contributed by atoms with Gasteiger partial charge in [-0.1, -0.05) is 0 Å². The molecule has 0 saturated carbocycles. The zero-order valence-electron chi connectivity index (χ0n) is 5.95. The maximum atomic E-state index is 10.8. The molecule has 60 valence electrons. The topological polar surface area (TPSA) is 63.4 Å². The first-order chi connectivity index (χ1) is 4.52. The van der Waals surface area contributed by atoms with Crippen LogP contribution in [0.1, 0.15) is 6.92 Å². The van der Waals surface area contributed by atoms with Gasteiger partial charge in [0, 0.05) is 19.1 Å². The van der Waals surface area contributed by atoms with E-state index in [1.165, 1.54) is 4.31 Å². The molecule has 1 fully saturated rings. The van der Waals surface area contributed by atoms with Crippen LogP contribution in [0.4, 0.5) is 0 Å². The van der Waals surface area contributed by atoms with Gasteiger partial charge in [-0.15, -0.1) is 0 Å². The molecule has 1 atom stereocenters. The molecule has 1 heterocycles. The van der Waals surface area contributed by atoms with E-state index in [-0.39, 0.29) is 6.04 Å². The quantitative estimate of drug-likeness (QED) is 0.568. The Balaban J connectivity index is 2.46. The van der Waals surface area contributed by atoms with Crippen LogP contribution in [0.15, 0.2) is 0 Å². The van der Waals surface area contributed by atoms with Crippen molar-refractivity contribution in [2.24, 2.45) is 5.73 Å². The normalized spacial score (nSPS) is 27.4. The zero-order chi connectivity index (χ0) is 7.78. The van der Waals surface area contributed by atoms with Gasteiger partial charge in [0.2, 0.25) is 10.0 Å². The smallest absolute Gasteiger partial charge is 0.215 e. The monoisotopic (exact) mass is 164 g/mol. The lowest BCUT2D eigenvalue weighted by Gasteiger charge is -2.31. The Bertz CT molecular complexity index is 210. The van der Waals surface area contributed by atoms with Crippen LogP contribution in [-0.2, 0) is 10.0 Å². The van der Waals surface area contributed by atoms with Crippen molar-refractivity contribution < 1.29 is 8.42 Å². The number of nitrogens with two attached hydrogens (primary N) is 1. The van der Waals surface area contributed by atoms with E-state index in [1.807, 2.05) is 0 Å². The Morgan fingerprint density at radius 2 is 2.30 bits per heavy atom. The first-order valence-corrected chi connectivity index (χ1v) is 4.87. The molecule has 0 aromatic rings. The van der Waals surface area contributed by atoms with E-state index in [4.69, 9.17) is 5.73 Å². The molecule has 1 aliphatic rings. The van der Waals surface area contributed by atoms with Crippen molar-refractivity contribution in [1.29, 1.82) is 0 Å². The van der Waals surface area contributed by atoms with Crippen molar-refractivity contribution in [3.8, 4) is 0 Å². The number of hydrogen-bond acceptors (Lipinski definition) is 3. The number of sulfonamides is 1. The van der Waals surface area contributed by atoms with Crippen molar-refractivity contribution >= 4 is 10.0 Å². The fourth-order valence-corrected chi connectivity index (χ4v) is 2.10. The van der Waals surface area contributed by atoms with E-state index >= 15 is 0 Å². The van der Waals surface area contributed by atoms with Gasteiger partial charge in [0.05, 0.1) is 5.75 Å². The van der Waals surface area contributed by atoms with E-state index in [0.717, 1.165) is 0 Å². The van der Waals surface area contributed by atoms with E-state index in [0.29, 0.717) is 18.8 Å². The number of nitrogens with zero attached hydrogens (tertiary/aromatic N) is 1. The van der Waals surface area contributed by atoms with Crippen LogP contribution in [0.3, 0.4) is 0 Å². The standard InChI is InChI=1S/C5H12N2O2S/c1-5(6)4-7-2-3-10(7,8)9/h5H,2-4,6H2,1H3. The van der Waals surface area contributed by atoms with Crippen LogP contribution >= 0.6 is 0 Å². The van der Waals surface area contributed by atoms with Crippen LogP contribution in [0, 0.1) is 0 Å². The van der Waals surface area contributed by atoms with Gasteiger partial charge in [-0.2, -0.15) is 4.31 Å². The summed E-state index contributed by atoms with van der Waals surface area (Å²) in [4.78, 5) is 0. The molecule has 1 saturated heterocycles. The first kappa shape index (κ1) is 7.97. The highest BCUT2D eigenvalue weighted by Gasteiger charge is 2.32. The lowest BCUT2D eigenvalue weighted by molar-refractivity contribution is 0.367. The molecule has 1 unspecified atom stereocenters. The van der Waals surface area contributed by atoms with Crippen molar-refractivity contribution in [3.63, 3.8) is 0 Å². The average Bonchev–Trinajstić information content (AvgIpc) is 1.81. The van der Waals surface area contributed by atoms with Gasteiger partial charge < -0.3 is 5.73 Å². The Labute approximate surface area is 61.1 Å². The second-order valence-corrected chi connectivity index (χ2v) is 4.74. The summed E-state index contributed by atoms with van der Waals surface area (Å²) in [6, 6.07) is -0.0601. The molecule has 0 spiro atoms. The highest BCUT2D eigenvalue weighted by atomic mass is 32.2. The minimum absolute atomic E-state index is 0.0601. The first-order valence-electron chi connectivity index (χ1n) is 3.26. The van der Waals surface area contributed by atoms with Crippen molar-refractivity contribution in [3.05, 3.63) is 0 Å². The molecule has 2 N–H and O–H groups in total. The van der Waals surface area contributed by atoms with Gasteiger partial charge in [0.25, 0.3) is 0 Å². The second kappa shape index (κ2) is 2.48. The molecule has 0 amide bonds. The zero-order valence-corrected chi connectivity index (χ0v) is 6.76. The molecule has 10 heavy (non-hydrogen) atoms. The van der Waals surface area contributed by atoms with Gasteiger partial charge in [-0.25, -0.2) is 8.42 Å². The Morgan fingerprint density at radius 3 is 2.40 bits per heavy atom. The third-order valence-corrected chi connectivity index (χ3v) is 3.30. The summed E-state index contributed by atoms with van der Waals surface area (Å²) in [6.45, 7) is 2.90. The van der Waals surface area contributed by atoms with Gasteiger partial charge in [-0.05, 0) is 6.92 Å². The Morgan fingerprint density at radius 1 is 1.70 bits per heavy atom. The lowest BCUT2D eigenvalue weighted by Crippen LogP contribution is -2.51. The fourth-order valence-electron chi connectivity index (χ4n) is 0.896. The third kappa shape index (κ3) is 1.47.